The van der Waals surface area contributed by atoms with Crippen LogP contribution in [0.2, 0.25) is 0 Å². The van der Waals surface area contributed by atoms with Gasteiger partial charge >= 0.3 is 0 Å². The highest BCUT2D eigenvalue weighted by Gasteiger charge is 2.22. The van der Waals surface area contributed by atoms with Crippen LogP contribution in [0.5, 0.6) is 5.75 Å². The fourth-order valence-corrected chi connectivity index (χ4v) is 3.78. The number of allylic oxidation sites excluding steroid dienone is 2. The summed E-state index contributed by atoms with van der Waals surface area (Å²) in [5.74, 6) is -0.749. The van der Waals surface area contributed by atoms with Gasteiger partial charge in [-0.05, 0) is 74.6 Å². The van der Waals surface area contributed by atoms with Crippen molar-refractivity contribution in [3.05, 3.63) is 59.8 Å². The van der Waals surface area contributed by atoms with E-state index in [9.17, 15) is 8.78 Å². The third-order valence-electron chi connectivity index (χ3n) is 5.30. The third-order valence-corrected chi connectivity index (χ3v) is 5.30. The fraction of sp³-hybridized carbons (Fsp3) is 0.435. The minimum atomic E-state index is -0.960. The van der Waals surface area contributed by atoms with Crippen LogP contribution >= 0.6 is 0 Å². The van der Waals surface area contributed by atoms with E-state index in [1.165, 1.54) is 30.5 Å². The lowest BCUT2D eigenvalue weighted by molar-refractivity contribution is 0.314. The summed E-state index contributed by atoms with van der Waals surface area (Å²) < 4.78 is 33.6. The molecule has 1 fully saturated rings. The van der Waals surface area contributed by atoms with Crippen LogP contribution in [0.4, 0.5) is 8.78 Å². The molecule has 0 bridgehead atoms. The summed E-state index contributed by atoms with van der Waals surface area (Å²) in [6.45, 7) is 4.19. The van der Waals surface area contributed by atoms with E-state index >= 15 is 0 Å². The summed E-state index contributed by atoms with van der Waals surface area (Å²) in [7, 11) is 0. The number of rotatable bonds is 6. The lowest BCUT2D eigenvalue weighted by atomic mass is 9.79. The molecule has 0 atom stereocenters. The number of halogens is 2. The minimum absolute atomic E-state index is 0.0655. The normalized spacial score (nSPS) is 20.1. The molecule has 1 saturated carbocycles. The van der Waals surface area contributed by atoms with Crippen LogP contribution in [0.3, 0.4) is 0 Å². The number of ether oxygens (including phenoxy) is 1. The molecular weight excluding hydrogens is 344 g/mol. The van der Waals surface area contributed by atoms with Crippen molar-refractivity contribution in [1.29, 1.82) is 0 Å². The van der Waals surface area contributed by atoms with Crippen LogP contribution in [-0.2, 0) is 0 Å². The van der Waals surface area contributed by atoms with Gasteiger partial charge in [-0.2, -0.15) is 4.39 Å². The van der Waals surface area contributed by atoms with Gasteiger partial charge in [-0.1, -0.05) is 25.1 Å². The predicted octanol–water partition coefficient (Wildman–Crippen LogP) is 6.67. The topological polar surface area (TPSA) is 22.1 Å². The molecule has 3 rings (SSSR count). The molecule has 0 saturated heterocycles. The summed E-state index contributed by atoms with van der Waals surface area (Å²) in [6, 6.07) is 6.77. The molecule has 144 valence electrons. The number of nitrogens with zero attached hydrogens (tertiary/aromatic N) is 1. The molecular formula is C23H27F2NO. The van der Waals surface area contributed by atoms with Gasteiger partial charge in [0.15, 0.2) is 11.6 Å². The van der Waals surface area contributed by atoms with Crippen LogP contribution in [0.15, 0.2) is 42.6 Å². The van der Waals surface area contributed by atoms with Gasteiger partial charge in [-0.15, -0.1) is 0 Å². The number of benzene rings is 1. The maximum atomic E-state index is 14.4. The summed E-state index contributed by atoms with van der Waals surface area (Å²) in [4.78, 5) is 4.41. The van der Waals surface area contributed by atoms with Crippen molar-refractivity contribution in [1.82, 2.24) is 4.98 Å². The summed E-state index contributed by atoms with van der Waals surface area (Å²) in [5, 5.41) is 0. The first-order chi connectivity index (χ1) is 13.1. The maximum absolute atomic E-state index is 14.4. The molecule has 1 aliphatic carbocycles. The van der Waals surface area contributed by atoms with Gasteiger partial charge in [-0.25, -0.2) is 4.39 Å². The first kappa shape index (κ1) is 19.5. The SMILES string of the molecule is CCC=CC1CCC(c2ccc(-c3ccc(OCC)c(F)c3F)nc2)CC1. The molecule has 0 unspecified atom stereocenters. The predicted molar refractivity (Wildman–Crippen MR) is 105 cm³/mol. The van der Waals surface area contributed by atoms with Gasteiger partial charge in [0.05, 0.1) is 12.3 Å². The van der Waals surface area contributed by atoms with E-state index in [0.717, 1.165) is 19.3 Å². The molecule has 2 aromatic rings. The van der Waals surface area contributed by atoms with Gasteiger partial charge in [-0.3, -0.25) is 4.98 Å². The van der Waals surface area contributed by atoms with Gasteiger partial charge in [0.2, 0.25) is 5.82 Å². The molecule has 27 heavy (non-hydrogen) atoms. The Bertz CT molecular complexity index is 778. The molecule has 1 aliphatic rings. The number of hydrogen-bond donors (Lipinski definition) is 0. The van der Waals surface area contributed by atoms with Crippen molar-refractivity contribution >= 4 is 0 Å². The molecule has 0 aliphatic heterocycles. The lowest BCUT2D eigenvalue weighted by Gasteiger charge is -2.27. The highest BCUT2D eigenvalue weighted by atomic mass is 19.2. The zero-order valence-electron chi connectivity index (χ0n) is 16.1. The Morgan fingerprint density at radius 3 is 2.44 bits per heavy atom. The van der Waals surface area contributed by atoms with Gasteiger partial charge in [0.1, 0.15) is 0 Å². The summed E-state index contributed by atoms with van der Waals surface area (Å²) >= 11 is 0. The van der Waals surface area contributed by atoms with Gasteiger partial charge < -0.3 is 4.74 Å². The molecule has 0 spiro atoms. The zero-order valence-corrected chi connectivity index (χ0v) is 16.1. The Labute approximate surface area is 160 Å². The van der Waals surface area contributed by atoms with Crippen molar-refractivity contribution in [2.24, 2.45) is 5.92 Å². The fourth-order valence-electron chi connectivity index (χ4n) is 3.78. The van der Waals surface area contributed by atoms with E-state index in [-0.39, 0.29) is 11.3 Å². The van der Waals surface area contributed by atoms with E-state index in [1.54, 1.807) is 13.0 Å². The molecule has 1 aromatic carbocycles. The maximum Gasteiger partial charge on any atom is 0.201 e. The average molecular weight is 371 g/mol. The Balaban J connectivity index is 1.71. The highest BCUT2D eigenvalue weighted by molar-refractivity contribution is 5.61. The number of hydrogen-bond acceptors (Lipinski definition) is 2. The second-order valence-electron chi connectivity index (χ2n) is 7.10. The number of aromatic nitrogens is 1. The smallest absolute Gasteiger partial charge is 0.201 e. The van der Waals surface area contributed by atoms with Crippen LogP contribution in [0, 0.1) is 17.6 Å². The molecule has 1 heterocycles. The molecule has 2 nitrogen and oxygen atoms in total. The van der Waals surface area contributed by atoms with Crippen molar-refractivity contribution in [3.63, 3.8) is 0 Å². The molecule has 1 aromatic heterocycles. The molecule has 0 N–H and O–H groups in total. The number of pyridine rings is 1. The second kappa shape index (κ2) is 9.12. The Morgan fingerprint density at radius 2 is 1.81 bits per heavy atom. The summed E-state index contributed by atoms with van der Waals surface area (Å²) in [5.41, 5.74) is 1.79. The van der Waals surface area contributed by atoms with Crippen molar-refractivity contribution in [3.8, 4) is 17.0 Å². The van der Waals surface area contributed by atoms with Crippen molar-refractivity contribution in [2.45, 2.75) is 51.9 Å². The Hall–Kier alpha value is -2.23. The second-order valence-corrected chi connectivity index (χ2v) is 7.10. The molecule has 4 heteroatoms. The highest BCUT2D eigenvalue weighted by Crippen LogP contribution is 2.37. The summed E-state index contributed by atoms with van der Waals surface area (Å²) in [6.07, 6.45) is 12.2. The van der Waals surface area contributed by atoms with E-state index in [2.05, 4.69) is 24.1 Å². The van der Waals surface area contributed by atoms with Gasteiger partial charge in [0, 0.05) is 11.8 Å². The third kappa shape index (κ3) is 4.55. The van der Waals surface area contributed by atoms with Crippen LogP contribution in [0.1, 0.15) is 57.4 Å². The van der Waals surface area contributed by atoms with Crippen LogP contribution < -0.4 is 4.74 Å². The van der Waals surface area contributed by atoms with Gasteiger partial charge in [0.25, 0.3) is 0 Å². The quantitative estimate of drug-likeness (QED) is 0.529. The average Bonchev–Trinajstić information content (AvgIpc) is 2.71. The van der Waals surface area contributed by atoms with Crippen LogP contribution in [-0.4, -0.2) is 11.6 Å². The minimum Gasteiger partial charge on any atom is -0.491 e. The van der Waals surface area contributed by atoms with E-state index in [0.29, 0.717) is 24.1 Å². The monoisotopic (exact) mass is 371 g/mol. The van der Waals surface area contributed by atoms with Crippen molar-refractivity contribution < 1.29 is 13.5 Å². The molecule has 0 radical (unpaired) electrons. The Kier molecular flexibility index (Phi) is 6.59. The zero-order chi connectivity index (χ0) is 19.2. The standard InChI is InChI=1S/C23H27F2NO/c1-3-5-6-16-7-9-17(10-8-16)18-11-13-20(26-15-18)19-12-14-21(27-4-2)23(25)22(19)24/h5-6,11-17H,3-4,7-10H2,1-2H3. The Morgan fingerprint density at radius 1 is 1.04 bits per heavy atom. The van der Waals surface area contributed by atoms with E-state index < -0.39 is 11.6 Å². The molecule has 0 amide bonds. The van der Waals surface area contributed by atoms with Crippen LogP contribution in [0.25, 0.3) is 11.3 Å². The largest absolute Gasteiger partial charge is 0.491 e. The van der Waals surface area contributed by atoms with E-state index in [4.69, 9.17) is 4.74 Å². The lowest BCUT2D eigenvalue weighted by Crippen LogP contribution is -2.12. The first-order valence-electron chi connectivity index (χ1n) is 9.87. The van der Waals surface area contributed by atoms with E-state index in [1.807, 2.05) is 12.3 Å². The first-order valence-corrected chi connectivity index (χ1v) is 9.87. The van der Waals surface area contributed by atoms with Crippen molar-refractivity contribution in [2.75, 3.05) is 6.61 Å².